The molecular weight excluding hydrogens is 439 g/mol. The van der Waals surface area contributed by atoms with Crippen molar-refractivity contribution < 1.29 is 0 Å². The van der Waals surface area contributed by atoms with Crippen LogP contribution in [-0.4, -0.2) is 17.5 Å². The molecule has 2 N–H and O–H groups in total. The molecule has 23 heavy (non-hydrogen) atoms. The molecule has 0 aliphatic rings. The fourth-order valence-corrected chi connectivity index (χ4v) is 3.61. The number of rotatable bonds is 6. The van der Waals surface area contributed by atoms with Gasteiger partial charge in [-0.3, -0.25) is 0 Å². The fraction of sp³-hybridized carbons (Fsp3) is 0.500. The van der Waals surface area contributed by atoms with Crippen LogP contribution in [0.4, 0.5) is 0 Å². The molecule has 0 spiro atoms. The largest absolute Gasteiger partial charge is 0.357 e. The number of hydrogen-bond donors (Lipinski definition) is 2. The Morgan fingerprint density at radius 3 is 2.65 bits per heavy atom. The Balaban J connectivity index is 0.00000264. The summed E-state index contributed by atoms with van der Waals surface area (Å²) in [5.74, 6) is 1.32. The van der Waals surface area contributed by atoms with Crippen molar-refractivity contribution in [1.29, 1.82) is 0 Å². The van der Waals surface area contributed by atoms with Crippen LogP contribution < -0.4 is 10.6 Å². The predicted octanol–water partition coefficient (Wildman–Crippen LogP) is 4.51. The summed E-state index contributed by atoms with van der Waals surface area (Å²) in [5.41, 5.74) is 2.48. The first-order valence-electron chi connectivity index (χ1n) is 7.59. The summed E-state index contributed by atoms with van der Waals surface area (Å²) in [6.45, 7) is 10.8. The molecule has 0 atom stereocenters. The van der Waals surface area contributed by atoms with E-state index in [9.17, 15) is 0 Å². The number of halogens is 1. The lowest BCUT2D eigenvalue weighted by Crippen LogP contribution is -2.36. The molecule has 0 radical (unpaired) electrons. The van der Waals surface area contributed by atoms with Crippen LogP contribution in [0.5, 0.6) is 0 Å². The zero-order valence-corrected chi connectivity index (χ0v) is 18.0. The molecule has 0 aliphatic heterocycles. The molecule has 128 valence electrons. The van der Waals surface area contributed by atoms with Gasteiger partial charge in [-0.25, -0.2) is 9.98 Å². The van der Waals surface area contributed by atoms with Gasteiger partial charge in [0, 0.05) is 16.8 Å². The Morgan fingerprint density at radius 1 is 1.30 bits per heavy atom. The van der Waals surface area contributed by atoms with Crippen molar-refractivity contribution >= 4 is 52.6 Å². The van der Waals surface area contributed by atoms with Gasteiger partial charge in [0.2, 0.25) is 0 Å². The Hall–Kier alpha value is -0.670. The van der Waals surface area contributed by atoms with E-state index in [4.69, 9.17) is 0 Å². The van der Waals surface area contributed by atoms with Gasteiger partial charge in [-0.05, 0) is 36.8 Å². The van der Waals surface area contributed by atoms with Crippen LogP contribution >= 0.6 is 46.7 Å². The third-order valence-corrected chi connectivity index (χ3v) is 5.14. The molecule has 0 aromatic carbocycles. The van der Waals surface area contributed by atoms with Crippen molar-refractivity contribution in [3.05, 3.63) is 38.0 Å². The van der Waals surface area contributed by atoms with Crippen LogP contribution in [0, 0.1) is 6.92 Å². The van der Waals surface area contributed by atoms with Gasteiger partial charge in [-0.15, -0.1) is 46.7 Å². The van der Waals surface area contributed by atoms with Gasteiger partial charge >= 0.3 is 0 Å². The van der Waals surface area contributed by atoms with Gasteiger partial charge in [-0.2, -0.15) is 0 Å². The molecule has 0 saturated carbocycles. The number of nitrogens with one attached hydrogen (secondary N) is 2. The summed E-state index contributed by atoms with van der Waals surface area (Å²) in [4.78, 5) is 10.6. The van der Waals surface area contributed by atoms with E-state index in [1.807, 2.05) is 0 Å². The molecule has 4 nitrogen and oxygen atoms in total. The zero-order chi connectivity index (χ0) is 15.9. The molecule has 0 bridgehead atoms. The highest BCUT2D eigenvalue weighted by molar-refractivity contribution is 14.0. The molecule has 7 heteroatoms. The third kappa shape index (κ3) is 6.39. The SMILES string of the molecule is CCNC(=NCc1sccc1C)NCc1nc(C(C)C)cs1.I. The summed E-state index contributed by atoms with van der Waals surface area (Å²) < 4.78 is 0. The normalized spacial score (nSPS) is 11.4. The topological polar surface area (TPSA) is 49.3 Å². The van der Waals surface area contributed by atoms with Crippen molar-refractivity contribution in [2.45, 2.75) is 46.7 Å². The maximum absolute atomic E-state index is 4.66. The number of hydrogen-bond acceptors (Lipinski definition) is 4. The van der Waals surface area contributed by atoms with E-state index in [1.54, 1.807) is 22.7 Å². The second kappa shape index (κ2) is 10.2. The van der Waals surface area contributed by atoms with E-state index in [2.05, 4.69) is 65.1 Å². The number of guanidine groups is 1. The van der Waals surface area contributed by atoms with E-state index in [0.29, 0.717) is 19.0 Å². The van der Waals surface area contributed by atoms with E-state index < -0.39 is 0 Å². The van der Waals surface area contributed by atoms with Gasteiger partial charge in [0.05, 0.1) is 18.8 Å². The lowest BCUT2D eigenvalue weighted by Gasteiger charge is -2.10. The second-order valence-electron chi connectivity index (χ2n) is 5.40. The van der Waals surface area contributed by atoms with Crippen LogP contribution in [0.15, 0.2) is 21.8 Å². The molecule has 0 aliphatic carbocycles. The molecule has 2 aromatic heterocycles. The molecule has 0 saturated heterocycles. The minimum Gasteiger partial charge on any atom is -0.357 e. The summed E-state index contributed by atoms with van der Waals surface area (Å²) in [7, 11) is 0. The number of thiophene rings is 1. The van der Waals surface area contributed by atoms with Gasteiger partial charge < -0.3 is 10.6 Å². The van der Waals surface area contributed by atoms with Crippen molar-refractivity contribution in [3.63, 3.8) is 0 Å². The predicted molar refractivity (Wildman–Crippen MR) is 112 cm³/mol. The van der Waals surface area contributed by atoms with Crippen LogP contribution in [0.1, 0.15) is 47.8 Å². The average Bonchev–Trinajstić information content (AvgIpc) is 3.11. The summed E-state index contributed by atoms with van der Waals surface area (Å²) in [6.07, 6.45) is 0. The average molecular weight is 464 g/mol. The zero-order valence-electron chi connectivity index (χ0n) is 14.0. The first kappa shape index (κ1) is 20.4. The molecule has 2 heterocycles. The highest BCUT2D eigenvalue weighted by Gasteiger charge is 2.06. The smallest absolute Gasteiger partial charge is 0.191 e. The van der Waals surface area contributed by atoms with Crippen LogP contribution in [0.25, 0.3) is 0 Å². The lowest BCUT2D eigenvalue weighted by molar-refractivity contribution is 0.788. The molecule has 0 fully saturated rings. The molecule has 0 amide bonds. The number of nitrogens with zero attached hydrogens (tertiary/aromatic N) is 2. The maximum Gasteiger partial charge on any atom is 0.191 e. The highest BCUT2D eigenvalue weighted by atomic mass is 127. The van der Waals surface area contributed by atoms with Gasteiger partial charge in [0.15, 0.2) is 5.96 Å². The molecule has 2 aromatic rings. The van der Waals surface area contributed by atoms with Gasteiger partial charge in [-0.1, -0.05) is 13.8 Å². The number of thiazole rings is 1. The van der Waals surface area contributed by atoms with Crippen molar-refractivity contribution in [2.24, 2.45) is 4.99 Å². The molecule has 0 unspecified atom stereocenters. The lowest BCUT2D eigenvalue weighted by atomic mass is 10.2. The standard InChI is InChI=1S/C16H24N4S2.HI/c1-5-17-16(18-8-14-12(4)6-7-21-14)19-9-15-20-13(10-22-15)11(2)3;/h6-7,10-11H,5,8-9H2,1-4H3,(H2,17,18,19);1H. The Bertz CT molecular complexity index is 619. The Labute approximate surface area is 163 Å². The third-order valence-electron chi connectivity index (χ3n) is 3.26. The first-order chi connectivity index (χ1) is 10.6. The van der Waals surface area contributed by atoms with E-state index in [-0.39, 0.29) is 24.0 Å². The van der Waals surface area contributed by atoms with Crippen LogP contribution in [0.2, 0.25) is 0 Å². The van der Waals surface area contributed by atoms with Crippen LogP contribution in [-0.2, 0) is 13.1 Å². The second-order valence-corrected chi connectivity index (χ2v) is 7.34. The first-order valence-corrected chi connectivity index (χ1v) is 9.35. The van der Waals surface area contributed by atoms with Crippen molar-refractivity contribution in [3.8, 4) is 0 Å². The summed E-state index contributed by atoms with van der Waals surface area (Å²) in [6, 6.07) is 2.14. The minimum atomic E-state index is 0. The quantitative estimate of drug-likeness (QED) is 0.376. The summed E-state index contributed by atoms with van der Waals surface area (Å²) >= 11 is 3.46. The highest BCUT2D eigenvalue weighted by Crippen LogP contribution is 2.18. The number of aryl methyl sites for hydroxylation is 1. The molecular formula is C16H25IN4S2. The van der Waals surface area contributed by atoms with Gasteiger partial charge in [0.1, 0.15) is 5.01 Å². The maximum atomic E-state index is 4.66. The minimum absolute atomic E-state index is 0. The van der Waals surface area contributed by atoms with E-state index in [0.717, 1.165) is 23.2 Å². The molecule has 2 rings (SSSR count). The fourth-order valence-electron chi connectivity index (χ4n) is 1.89. The summed E-state index contributed by atoms with van der Waals surface area (Å²) in [5, 5.41) is 12.0. The van der Waals surface area contributed by atoms with E-state index >= 15 is 0 Å². The van der Waals surface area contributed by atoms with E-state index in [1.165, 1.54) is 10.4 Å². The Kier molecular flexibility index (Phi) is 9.08. The van der Waals surface area contributed by atoms with Gasteiger partial charge in [0.25, 0.3) is 0 Å². The van der Waals surface area contributed by atoms with Crippen LogP contribution in [0.3, 0.4) is 0 Å². The number of aliphatic imine (C=N–C) groups is 1. The van der Waals surface area contributed by atoms with Crippen molar-refractivity contribution in [2.75, 3.05) is 6.54 Å². The van der Waals surface area contributed by atoms with Crippen molar-refractivity contribution in [1.82, 2.24) is 15.6 Å². The Morgan fingerprint density at radius 2 is 2.09 bits per heavy atom. The number of aromatic nitrogens is 1. The monoisotopic (exact) mass is 464 g/mol.